The van der Waals surface area contributed by atoms with Crippen LogP contribution in [0.3, 0.4) is 0 Å². The first-order valence-corrected chi connectivity index (χ1v) is 9.79. The second-order valence-electron chi connectivity index (χ2n) is 7.74. The van der Waals surface area contributed by atoms with Crippen LogP contribution in [0, 0.1) is 5.92 Å². The van der Waals surface area contributed by atoms with E-state index < -0.39 is 6.10 Å². The lowest BCUT2D eigenvalue weighted by molar-refractivity contribution is -0.138. The number of hydrogen-bond donors (Lipinski definition) is 3. The maximum Gasteiger partial charge on any atom is 0.253 e. The van der Waals surface area contributed by atoms with E-state index in [0.29, 0.717) is 12.0 Å². The van der Waals surface area contributed by atoms with Crippen LogP contribution in [0.15, 0.2) is 30.3 Å². The summed E-state index contributed by atoms with van der Waals surface area (Å²) in [6.45, 7) is 0.998. The van der Waals surface area contributed by atoms with Gasteiger partial charge >= 0.3 is 0 Å². The zero-order valence-corrected chi connectivity index (χ0v) is 14.7. The predicted octanol–water partition coefficient (Wildman–Crippen LogP) is 2.45. The van der Waals surface area contributed by atoms with Gasteiger partial charge in [-0.1, -0.05) is 43.2 Å². The maximum absolute atomic E-state index is 13.0. The first kappa shape index (κ1) is 17.0. The summed E-state index contributed by atoms with van der Waals surface area (Å²) in [5.74, 6) is 0.644. The van der Waals surface area contributed by atoms with Gasteiger partial charge in [0.1, 0.15) is 0 Å². The Hall–Kier alpha value is -1.43. The standard InChI is InChI=1S/C20H29N3O2/c24-20(22-16-10-11-18-15(12-16)13-21-23-18)19(14-6-2-1-3-7-14)25-17-8-4-5-9-17/h1-3,6-7,15-19,21,23H,4-5,8-13H2,(H,22,24). The average Bonchev–Trinajstić information content (AvgIpc) is 3.31. The molecule has 0 spiro atoms. The molecule has 4 rings (SSSR count). The number of hydrogen-bond acceptors (Lipinski definition) is 4. The summed E-state index contributed by atoms with van der Waals surface area (Å²) >= 11 is 0. The minimum absolute atomic E-state index is 0.0282. The van der Waals surface area contributed by atoms with Crippen LogP contribution in [0.25, 0.3) is 0 Å². The predicted molar refractivity (Wildman–Crippen MR) is 96.7 cm³/mol. The Morgan fingerprint density at radius 2 is 1.92 bits per heavy atom. The fraction of sp³-hybridized carbons (Fsp3) is 0.650. The Kier molecular flexibility index (Phi) is 5.34. The third-order valence-corrected chi connectivity index (χ3v) is 5.95. The van der Waals surface area contributed by atoms with Crippen molar-refractivity contribution >= 4 is 5.91 Å². The highest BCUT2D eigenvalue weighted by molar-refractivity contribution is 5.82. The van der Waals surface area contributed by atoms with Crippen molar-refractivity contribution in [3.05, 3.63) is 35.9 Å². The van der Waals surface area contributed by atoms with Crippen LogP contribution in [-0.2, 0) is 9.53 Å². The molecule has 5 heteroatoms. The number of carbonyl (C=O) groups excluding carboxylic acids is 1. The first-order valence-electron chi connectivity index (χ1n) is 9.79. The van der Waals surface area contributed by atoms with Gasteiger partial charge in [0.2, 0.25) is 0 Å². The zero-order chi connectivity index (χ0) is 17.1. The number of ether oxygens (including phenoxy) is 1. The molecule has 3 N–H and O–H groups in total. The van der Waals surface area contributed by atoms with Crippen molar-refractivity contribution in [2.75, 3.05) is 6.54 Å². The van der Waals surface area contributed by atoms with Crippen molar-refractivity contribution in [3.63, 3.8) is 0 Å². The molecule has 2 saturated carbocycles. The van der Waals surface area contributed by atoms with Gasteiger partial charge in [0.15, 0.2) is 6.10 Å². The summed E-state index contributed by atoms with van der Waals surface area (Å²) in [7, 11) is 0. The number of amides is 1. The average molecular weight is 343 g/mol. The summed E-state index contributed by atoms with van der Waals surface area (Å²) in [5.41, 5.74) is 7.55. The van der Waals surface area contributed by atoms with Gasteiger partial charge < -0.3 is 10.1 Å². The molecule has 136 valence electrons. The van der Waals surface area contributed by atoms with Crippen LogP contribution in [0.2, 0.25) is 0 Å². The van der Waals surface area contributed by atoms with Crippen LogP contribution in [0.1, 0.15) is 56.6 Å². The molecule has 3 aliphatic rings. The Labute approximate surface area is 149 Å². The van der Waals surface area contributed by atoms with E-state index in [1.807, 2.05) is 30.3 Å². The molecule has 0 aromatic heterocycles. The molecule has 4 unspecified atom stereocenters. The molecular weight excluding hydrogens is 314 g/mol. The number of carbonyl (C=O) groups is 1. The molecular formula is C20H29N3O2. The first-order chi connectivity index (χ1) is 12.3. The highest BCUT2D eigenvalue weighted by Gasteiger charge is 2.35. The number of hydrazine groups is 1. The third-order valence-electron chi connectivity index (χ3n) is 5.95. The number of rotatable bonds is 5. The minimum Gasteiger partial charge on any atom is -0.360 e. The van der Waals surface area contributed by atoms with Crippen molar-refractivity contribution in [1.29, 1.82) is 0 Å². The Balaban J connectivity index is 1.41. The van der Waals surface area contributed by atoms with E-state index in [1.165, 1.54) is 12.8 Å². The number of benzene rings is 1. The van der Waals surface area contributed by atoms with Gasteiger partial charge in [-0.25, -0.2) is 0 Å². The molecule has 1 heterocycles. The molecule has 1 amide bonds. The van der Waals surface area contributed by atoms with Gasteiger partial charge in [-0.2, -0.15) is 0 Å². The highest BCUT2D eigenvalue weighted by Crippen LogP contribution is 2.30. The van der Waals surface area contributed by atoms with Crippen LogP contribution in [0.4, 0.5) is 0 Å². The van der Waals surface area contributed by atoms with Crippen molar-refractivity contribution < 1.29 is 9.53 Å². The number of nitrogens with one attached hydrogen (secondary N) is 3. The molecule has 1 saturated heterocycles. The summed E-state index contributed by atoms with van der Waals surface area (Å²) < 4.78 is 6.25. The van der Waals surface area contributed by atoms with Gasteiger partial charge in [0, 0.05) is 18.6 Å². The molecule has 2 aliphatic carbocycles. The van der Waals surface area contributed by atoms with Gasteiger partial charge in [0.25, 0.3) is 5.91 Å². The molecule has 25 heavy (non-hydrogen) atoms. The van der Waals surface area contributed by atoms with Gasteiger partial charge in [0.05, 0.1) is 6.10 Å². The quantitative estimate of drug-likeness (QED) is 0.768. The van der Waals surface area contributed by atoms with E-state index in [1.54, 1.807) is 0 Å². The highest BCUT2D eigenvalue weighted by atomic mass is 16.5. The van der Waals surface area contributed by atoms with E-state index in [2.05, 4.69) is 16.2 Å². The van der Waals surface area contributed by atoms with Crippen LogP contribution in [-0.4, -0.2) is 30.6 Å². The van der Waals surface area contributed by atoms with Crippen LogP contribution in [0.5, 0.6) is 0 Å². The maximum atomic E-state index is 13.0. The van der Waals surface area contributed by atoms with Gasteiger partial charge in [-0.15, -0.1) is 0 Å². The van der Waals surface area contributed by atoms with Crippen LogP contribution >= 0.6 is 0 Å². The lowest BCUT2D eigenvalue weighted by Crippen LogP contribution is -2.46. The summed E-state index contributed by atoms with van der Waals surface area (Å²) in [5, 5.41) is 3.28. The van der Waals surface area contributed by atoms with Gasteiger partial charge in [-0.3, -0.25) is 15.6 Å². The van der Waals surface area contributed by atoms with Crippen molar-refractivity contribution in [2.45, 2.75) is 69.2 Å². The summed E-state index contributed by atoms with van der Waals surface area (Å²) in [4.78, 5) is 13.0. The molecule has 0 radical (unpaired) electrons. The van der Waals surface area contributed by atoms with E-state index in [0.717, 1.165) is 44.2 Å². The fourth-order valence-corrected chi connectivity index (χ4v) is 4.55. The second-order valence-corrected chi connectivity index (χ2v) is 7.74. The number of fused-ring (bicyclic) bond motifs is 1. The molecule has 3 fully saturated rings. The topological polar surface area (TPSA) is 62.4 Å². The molecule has 1 aromatic carbocycles. The summed E-state index contributed by atoms with van der Waals surface area (Å²) in [6, 6.07) is 10.8. The lowest BCUT2D eigenvalue weighted by atomic mass is 9.83. The van der Waals surface area contributed by atoms with E-state index in [9.17, 15) is 4.79 Å². The zero-order valence-electron chi connectivity index (χ0n) is 14.7. The second kappa shape index (κ2) is 7.85. The smallest absolute Gasteiger partial charge is 0.253 e. The van der Waals surface area contributed by atoms with Crippen molar-refractivity contribution in [3.8, 4) is 0 Å². The Bertz CT molecular complexity index is 574. The minimum atomic E-state index is -0.484. The fourth-order valence-electron chi connectivity index (χ4n) is 4.55. The molecule has 1 aliphatic heterocycles. The normalized spacial score (nSPS) is 30.8. The molecule has 4 atom stereocenters. The molecule has 1 aromatic rings. The summed E-state index contributed by atoms with van der Waals surface area (Å²) in [6.07, 6.45) is 7.48. The Morgan fingerprint density at radius 1 is 1.12 bits per heavy atom. The largest absolute Gasteiger partial charge is 0.360 e. The molecule has 5 nitrogen and oxygen atoms in total. The Morgan fingerprint density at radius 3 is 2.72 bits per heavy atom. The monoisotopic (exact) mass is 343 g/mol. The lowest BCUT2D eigenvalue weighted by Gasteiger charge is -2.32. The molecule has 0 bridgehead atoms. The SMILES string of the molecule is O=C(NC1CCC2NNCC2C1)C(OC1CCCC1)c1ccccc1. The van der Waals surface area contributed by atoms with E-state index >= 15 is 0 Å². The van der Waals surface area contributed by atoms with E-state index in [4.69, 9.17) is 4.74 Å². The van der Waals surface area contributed by atoms with Crippen molar-refractivity contribution in [2.24, 2.45) is 5.92 Å². The van der Waals surface area contributed by atoms with Gasteiger partial charge in [-0.05, 0) is 43.6 Å². The van der Waals surface area contributed by atoms with Crippen LogP contribution < -0.4 is 16.2 Å². The third kappa shape index (κ3) is 4.05. The van der Waals surface area contributed by atoms with Crippen molar-refractivity contribution in [1.82, 2.24) is 16.2 Å². The van der Waals surface area contributed by atoms with E-state index in [-0.39, 0.29) is 18.1 Å².